The molecule has 1 aromatic heterocycles. The molecule has 0 radical (unpaired) electrons. The molecule has 16 heavy (non-hydrogen) atoms. The van der Waals surface area contributed by atoms with Crippen LogP contribution in [0.5, 0.6) is 0 Å². The van der Waals surface area contributed by atoms with E-state index >= 15 is 0 Å². The van der Waals surface area contributed by atoms with E-state index < -0.39 is 0 Å². The standard InChI is InChI=1S/C12H12ClNOS/c1-8(6-15)11-7-16-12(14-11)9-3-2-4-10(13)5-9/h2-5,7-8,15H,6H2,1H3. The minimum atomic E-state index is 0.0872. The average molecular weight is 254 g/mol. The van der Waals surface area contributed by atoms with Crippen molar-refractivity contribution in [1.29, 1.82) is 0 Å². The molecule has 0 saturated carbocycles. The number of aliphatic hydroxyl groups is 1. The summed E-state index contributed by atoms with van der Waals surface area (Å²) in [4.78, 5) is 4.49. The van der Waals surface area contributed by atoms with Crippen LogP contribution in [-0.4, -0.2) is 16.7 Å². The van der Waals surface area contributed by atoms with E-state index in [-0.39, 0.29) is 12.5 Å². The number of benzene rings is 1. The number of thiazole rings is 1. The minimum Gasteiger partial charge on any atom is -0.396 e. The Hall–Kier alpha value is -0.900. The molecule has 2 aromatic rings. The Labute approximate surface area is 104 Å². The maximum Gasteiger partial charge on any atom is 0.123 e. The number of rotatable bonds is 3. The van der Waals surface area contributed by atoms with Crippen molar-refractivity contribution >= 4 is 22.9 Å². The van der Waals surface area contributed by atoms with Gasteiger partial charge in [-0.3, -0.25) is 0 Å². The summed E-state index contributed by atoms with van der Waals surface area (Å²) >= 11 is 7.50. The van der Waals surface area contributed by atoms with Crippen LogP contribution >= 0.6 is 22.9 Å². The molecular formula is C12H12ClNOS. The molecule has 1 N–H and O–H groups in total. The van der Waals surface area contributed by atoms with Crippen LogP contribution in [0, 0.1) is 0 Å². The third-order valence-electron chi connectivity index (χ3n) is 2.37. The first-order chi connectivity index (χ1) is 7.70. The highest BCUT2D eigenvalue weighted by Crippen LogP contribution is 2.28. The number of nitrogens with zero attached hydrogens (tertiary/aromatic N) is 1. The molecule has 4 heteroatoms. The van der Waals surface area contributed by atoms with Gasteiger partial charge < -0.3 is 5.11 Å². The van der Waals surface area contributed by atoms with Crippen LogP contribution in [-0.2, 0) is 0 Å². The summed E-state index contributed by atoms with van der Waals surface area (Å²) in [6.45, 7) is 2.08. The van der Waals surface area contributed by atoms with Crippen LogP contribution in [0.1, 0.15) is 18.5 Å². The fraction of sp³-hybridized carbons (Fsp3) is 0.250. The molecule has 1 heterocycles. The van der Waals surface area contributed by atoms with E-state index in [1.54, 1.807) is 11.3 Å². The van der Waals surface area contributed by atoms with Crippen molar-refractivity contribution in [3.63, 3.8) is 0 Å². The van der Waals surface area contributed by atoms with Crippen LogP contribution in [0.3, 0.4) is 0 Å². The Bertz CT molecular complexity index is 483. The molecule has 0 aliphatic carbocycles. The first kappa shape index (κ1) is 11.6. The second-order valence-corrected chi connectivity index (χ2v) is 4.97. The summed E-state index contributed by atoms with van der Waals surface area (Å²) < 4.78 is 0. The average Bonchev–Trinajstić information content (AvgIpc) is 2.77. The number of aliphatic hydroxyl groups excluding tert-OH is 1. The molecule has 1 aromatic carbocycles. The Kier molecular flexibility index (Phi) is 3.59. The van der Waals surface area contributed by atoms with Gasteiger partial charge in [-0.1, -0.05) is 30.7 Å². The second-order valence-electron chi connectivity index (χ2n) is 3.67. The fourth-order valence-electron chi connectivity index (χ4n) is 1.36. The maximum absolute atomic E-state index is 9.06. The summed E-state index contributed by atoms with van der Waals surface area (Å²) in [6.07, 6.45) is 0. The zero-order valence-corrected chi connectivity index (χ0v) is 10.4. The van der Waals surface area contributed by atoms with Crippen molar-refractivity contribution in [1.82, 2.24) is 4.98 Å². The van der Waals surface area contributed by atoms with E-state index in [1.165, 1.54) is 0 Å². The zero-order valence-electron chi connectivity index (χ0n) is 8.85. The van der Waals surface area contributed by atoms with E-state index in [2.05, 4.69) is 4.98 Å². The summed E-state index contributed by atoms with van der Waals surface area (Å²) in [5.41, 5.74) is 1.95. The van der Waals surface area contributed by atoms with Gasteiger partial charge in [0.15, 0.2) is 0 Å². The number of hydrogen-bond acceptors (Lipinski definition) is 3. The van der Waals surface area contributed by atoms with Crippen LogP contribution in [0.4, 0.5) is 0 Å². The molecule has 0 bridgehead atoms. The van der Waals surface area contributed by atoms with Crippen molar-refractivity contribution in [3.8, 4) is 10.6 Å². The fourth-order valence-corrected chi connectivity index (χ4v) is 2.49. The largest absolute Gasteiger partial charge is 0.396 e. The normalized spacial score (nSPS) is 12.7. The maximum atomic E-state index is 9.06. The van der Waals surface area contributed by atoms with Crippen molar-refractivity contribution in [2.45, 2.75) is 12.8 Å². The molecule has 84 valence electrons. The third kappa shape index (κ3) is 2.43. The van der Waals surface area contributed by atoms with Crippen molar-refractivity contribution in [2.75, 3.05) is 6.61 Å². The van der Waals surface area contributed by atoms with Crippen LogP contribution in [0.2, 0.25) is 5.02 Å². The van der Waals surface area contributed by atoms with E-state index in [0.29, 0.717) is 5.02 Å². The second kappa shape index (κ2) is 4.95. The first-order valence-corrected chi connectivity index (χ1v) is 6.28. The number of hydrogen-bond donors (Lipinski definition) is 1. The molecule has 1 unspecified atom stereocenters. The molecule has 0 amide bonds. The lowest BCUT2D eigenvalue weighted by Crippen LogP contribution is -1.98. The molecule has 0 aliphatic rings. The van der Waals surface area contributed by atoms with Gasteiger partial charge in [0.2, 0.25) is 0 Å². The zero-order chi connectivity index (χ0) is 11.5. The van der Waals surface area contributed by atoms with E-state index in [0.717, 1.165) is 16.3 Å². The van der Waals surface area contributed by atoms with Crippen molar-refractivity contribution in [2.24, 2.45) is 0 Å². The number of aromatic nitrogens is 1. The van der Waals surface area contributed by atoms with Crippen LogP contribution in [0.25, 0.3) is 10.6 Å². The summed E-state index contributed by atoms with van der Waals surface area (Å²) in [6, 6.07) is 7.63. The first-order valence-electron chi connectivity index (χ1n) is 5.03. The van der Waals surface area contributed by atoms with Gasteiger partial charge in [0.25, 0.3) is 0 Å². The highest BCUT2D eigenvalue weighted by atomic mass is 35.5. The minimum absolute atomic E-state index is 0.0872. The predicted molar refractivity (Wildman–Crippen MR) is 68.1 cm³/mol. The Balaban J connectivity index is 2.31. The van der Waals surface area contributed by atoms with Gasteiger partial charge in [-0.05, 0) is 12.1 Å². The Morgan fingerprint density at radius 1 is 1.50 bits per heavy atom. The molecular weight excluding hydrogens is 242 g/mol. The van der Waals surface area contributed by atoms with Crippen LogP contribution in [0.15, 0.2) is 29.6 Å². The van der Waals surface area contributed by atoms with Crippen molar-refractivity contribution in [3.05, 3.63) is 40.4 Å². The van der Waals surface area contributed by atoms with Gasteiger partial charge in [-0.25, -0.2) is 4.98 Å². The van der Waals surface area contributed by atoms with Gasteiger partial charge in [-0.2, -0.15) is 0 Å². The Morgan fingerprint density at radius 3 is 3.00 bits per heavy atom. The molecule has 1 atom stereocenters. The van der Waals surface area contributed by atoms with Gasteiger partial charge >= 0.3 is 0 Å². The van der Waals surface area contributed by atoms with Crippen LogP contribution < -0.4 is 0 Å². The predicted octanol–water partition coefficient (Wildman–Crippen LogP) is 3.56. The van der Waals surface area contributed by atoms with E-state index in [9.17, 15) is 0 Å². The molecule has 2 rings (SSSR count). The third-order valence-corrected chi connectivity index (χ3v) is 3.52. The molecule has 0 aliphatic heterocycles. The van der Waals surface area contributed by atoms with Gasteiger partial charge in [0, 0.05) is 21.9 Å². The van der Waals surface area contributed by atoms with Gasteiger partial charge in [0.05, 0.1) is 12.3 Å². The quantitative estimate of drug-likeness (QED) is 0.907. The lowest BCUT2D eigenvalue weighted by molar-refractivity contribution is 0.271. The summed E-state index contributed by atoms with van der Waals surface area (Å²) in [7, 11) is 0. The lowest BCUT2D eigenvalue weighted by atomic mass is 10.1. The lowest BCUT2D eigenvalue weighted by Gasteiger charge is -2.02. The Morgan fingerprint density at radius 2 is 2.31 bits per heavy atom. The molecule has 0 fully saturated rings. The van der Waals surface area contributed by atoms with Gasteiger partial charge in [0.1, 0.15) is 5.01 Å². The van der Waals surface area contributed by atoms with E-state index in [1.807, 2.05) is 36.6 Å². The highest BCUT2D eigenvalue weighted by Gasteiger charge is 2.10. The number of halogens is 1. The molecule has 2 nitrogen and oxygen atoms in total. The van der Waals surface area contributed by atoms with E-state index in [4.69, 9.17) is 16.7 Å². The highest BCUT2D eigenvalue weighted by molar-refractivity contribution is 7.13. The summed E-state index contributed by atoms with van der Waals surface area (Å²) in [5, 5.41) is 12.7. The SMILES string of the molecule is CC(CO)c1csc(-c2cccc(Cl)c2)n1. The van der Waals surface area contributed by atoms with Crippen molar-refractivity contribution < 1.29 is 5.11 Å². The molecule has 0 spiro atoms. The topological polar surface area (TPSA) is 33.1 Å². The molecule has 0 saturated heterocycles. The van der Waals surface area contributed by atoms with Gasteiger partial charge in [-0.15, -0.1) is 11.3 Å². The smallest absolute Gasteiger partial charge is 0.123 e. The summed E-state index contributed by atoms with van der Waals surface area (Å²) in [5.74, 6) is 0.0872. The monoisotopic (exact) mass is 253 g/mol.